The zero-order valence-electron chi connectivity index (χ0n) is 18.7. The molecule has 0 bridgehead atoms. The van der Waals surface area contributed by atoms with E-state index in [0.717, 1.165) is 105 Å². The van der Waals surface area contributed by atoms with E-state index in [1.54, 1.807) is 0 Å². The minimum atomic E-state index is 0.731. The van der Waals surface area contributed by atoms with Gasteiger partial charge in [0, 0.05) is 12.5 Å². The summed E-state index contributed by atoms with van der Waals surface area (Å²) in [4.78, 5) is 0. The van der Waals surface area contributed by atoms with E-state index in [4.69, 9.17) is 13.9 Å². The summed E-state index contributed by atoms with van der Waals surface area (Å²) in [6.45, 7) is 15.9. The van der Waals surface area contributed by atoms with Gasteiger partial charge >= 0.3 is 0 Å². The molecule has 1 fully saturated rings. The van der Waals surface area contributed by atoms with Crippen molar-refractivity contribution in [2.45, 2.75) is 58.8 Å². The van der Waals surface area contributed by atoms with Crippen molar-refractivity contribution in [1.82, 2.24) is 0 Å². The number of hydrogen-bond donors (Lipinski definition) is 0. The van der Waals surface area contributed by atoms with Crippen LogP contribution in [0.25, 0.3) is 11.1 Å². The second kappa shape index (κ2) is 11.4. The van der Waals surface area contributed by atoms with Crippen LogP contribution in [0, 0.1) is 12.8 Å². The van der Waals surface area contributed by atoms with Crippen LogP contribution >= 0.6 is 0 Å². The van der Waals surface area contributed by atoms with Gasteiger partial charge in [0.05, 0.1) is 25.4 Å². The maximum atomic E-state index is 6.38. The molecule has 0 N–H and O–H groups in total. The zero-order chi connectivity index (χ0) is 21.3. The first-order valence-electron chi connectivity index (χ1n) is 11.3. The lowest BCUT2D eigenvalue weighted by Gasteiger charge is -2.25. The fraction of sp³-hybridized carbons (Fsp3) is 0.519. The van der Waals surface area contributed by atoms with Gasteiger partial charge in [0.2, 0.25) is 0 Å². The molecule has 3 heterocycles. The van der Waals surface area contributed by atoms with Crippen LogP contribution in [0.3, 0.4) is 0 Å². The predicted octanol–water partition coefficient (Wildman–Crippen LogP) is 7.05. The Balaban J connectivity index is 1.80. The molecule has 2 aliphatic rings. The van der Waals surface area contributed by atoms with E-state index in [1.807, 2.05) is 6.92 Å². The zero-order valence-corrected chi connectivity index (χ0v) is 18.7. The highest BCUT2D eigenvalue weighted by molar-refractivity contribution is 5.78. The van der Waals surface area contributed by atoms with Gasteiger partial charge in [0.1, 0.15) is 11.5 Å². The van der Waals surface area contributed by atoms with Crippen LogP contribution in [0.15, 0.2) is 52.7 Å². The Morgan fingerprint density at radius 2 is 2.07 bits per heavy atom. The van der Waals surface area contributed by atoms with Crippen molar-refractivity contribution in [3.63, 3.8) is 0 Å². The Labute approximate surface area is 181 Å². The summed E-state index contributed by atoms with van der Waals surface area (Å²) in [6, 6.07) is 2.14. The van der Waals surface area contributed by atoms with Gasteiger partial charge in [-0.1, -0.05) is 24.8 Å². The Bertz CT molecular complexity index is 841. The minimum absolute atomic E-state index is 0.731. The number of rotatable bonds is 9. The summed E-state index contributed by atoms with van der Waals surface area (Å²) in [6.07, 6.45) is 11.4. The fourth-order valence-electron chi connectivity index (χ4n) is 3.83. The Morgan fingerprint density at radius 3 is 2.80 bits per heavy atom. The second-order valence-corrected chi connectivity index (χ2v) is 8.64. The molecule has 0 saturated carbocycles. The summed E-state index contributed by atoms with van der Waals surface area (Å²) < 4.78 is 17.3. The van der Waals surface area contributed by atoms with Crippen molar-refractivity contribution < 1.29 is 13.9 Å². The Hall–Kier alpha value is -2.06. The van der Waals surface area contributed by atoms with E-state index in [9.17, 15) is 0 Å². The molecular weight excluding hydrogens is 372 g/mol. The number of ether oxygens (including phenoxy) is 2. The first-order valence-corrected chi connectivity index (χ1v) is 11.3. The highest BCUT2D eigenvalue weighted by Crippen LogP contribution is 2.34. The first-order chi connectivity index (χ1) is 14.5. The van der Waals surface area contributed by atoms with Crippen molar-refractivity contribution in [3.8, 4) is 0 Å². The van der Waals surface area contributed by atoms with E-state index in [1.165, 1.54) is 12.0 Å². The van der Waals surface area contributed by atoms with Gasteiger partial charge in [-0.2, -0.15) is 0 Å². The average molecular weight is 409 g/mol. The molecule has 30 heavy (non-hydrogen) atoms. The van der Waals surface area contributed by atoms with Crippen LogP contribution < -0.4 is 0 Å². The largest absolute Gasteiger partial charge is 0.456 e. The average Bonchev–Trinajstić information content (AvgIpc) is 3.02. The van der Waals surface area contributed by atoms with Crippen LogP contribution in [0.4, 0.5) is 0 Å². The summed E-state index contributed by atoms with van der Waals surface area (Å²) in [5.41, 5.74) is 9.26. The number of furan rings is 1. The van der Waals surface area contributed by atoms with Crippen molar-refractivity contribution >= 4 is 11.1 Å². The van der Waals surface area contributed by atoms with Crippen molar-refractivity contribution in [2.24, 2.45) is 5.92 Å². The van der Waals surface area contributed by atoms with E-state index in [-0.39, 0.29) is 0 Å². The number of aryl methyl sites for hydroxylation is 1. The van der Waals surface area contributed by atoms with Gasteiger partial charge in [-0.25, -0.2) is 0 Å². The highest BCUT2D eigenvalue weighted by atomic mass is 16.5. The Morgan fingerprint density at radius 1 is 1.23 bits per heavy atom. The molecule has 1 aromatic rings. The van der Waals surface area contributed by atoms with E-state index >= 15 is 0 Å². The van der Waals surface area contributed by atoms with Gasteiger partial charge in [-0.15, -0.1) is 5.73 Å². The molecule has 2 aliphatic heterocycles. The molecule has 0 atom stereocenters. The lowest BCUT2D eigenvalue weighted by molar-refractivity contribution is -0.0360. The summed E-state index contributed by atoms with van der Waals surface area (Å²) >= 11 is 0. The molecular formula is C27H36O3. The molecule has 0 aromatic carbocycles. The quantitative estimate of drug-likeness (QED) is 0.324. The first kappa shape index (κ1) is 22.6. The molecule has 0 spiro atoms. The van der Waals surface area contributed by atoms with Crippen LogP contribution in [-0.2, 0) is 9.47 Å². The summed E-state index contributed by atoms with van der Waals surface area (Å²) in [7, 11) is 0. The lowest BCUT2D eigenvalue weighted by Crippen LogP contribution is -2.27. The van der Waals surface area contributed by atoms with Crippen LogP contribution in [0.1, 0.15) is 69.0 Å². The lowest BCUT2D eigenvalue weighted by atomic mass is 9.96. The van der Waals surface area contributed by atoms with Gasteiger partial charge in [0.25, 0.3) is 0 Å². The third-order valence-electron chi connectivity index (χ3n) is 5.70. The number of allylic oxidation sites excluding steroid dienone is 4. The molecule has 1 saturated heterocycles. The minimum Gasteiger partial charge on any atom is -0.456 e. The smallest absolute Gasteiger partial charge is 0.145 e. The van der Waals surface area contributed by atoms with Crippen LogP contribution in [0.5, 0.6) is 0 Å². The molecule has 3 rings (SSSR count). The number of hydrogen-bond acceptors (Lipinski definition) is 3. The van der Waals surface area contributed by atoms with Gasteiger partial charge < -0.3 is 13.9 Å². The Kier molecular flexibility index (Phi) is 8.57. The molecule has 1 aromatic heterocycles. The molecule has 3 nitrogen and oxygen atoms in total. The fourth-order valence-corrected chi connectivity index (χ4v) is 3.83. The monoisotopic (exact) mass is 408 g/mol. The van der Waals surface area contributed by atoms with E-state index < -0.39 is 0 Å². The third-order valence-corrected chi connectivity index (χ3v) is 5.70. The van der Waals surface area contributed by atoms with Crippen molar-refractivity contribution in [2.75, 3.05) is 26.4 Å². The predicted molar refractivity (Wildman–Crippen MR) is 124 cm³/mol. The maximum Gasteiger partial charge on any atom is 0.145 e. The standard InChI is InChI=1S/C27H36O3/c1-20(2)9-5-14-25(24-12-7-15-28-16-8-13-24)27-22(4)17-26(30-27)21(3)10-6-11-23-18-29-19-23/h5,12,17,23H,1,3,6-11,13,15-16,18-19H2,2,4H3/b24-12-. The van der Waals surface area contributed by atoms with Crippen molar-refractivity contribution in [3.05, 3.63) is 65.3 Å². The molecule has 0 amide bonds. The third kappa shape index (κ3) is 6.47. The molecule has 0 radical (unpaired) electrons. The van der Waals surface area contributed by atoms with Crippen molar-refractivity contribution in [1.29, 1.82) is 0 Å². The van der Waals surface area contributed by atoms with Gasteiger partial charge in [0.15, 0.2) is 0 Å². The maximum absolute atomic E-state index is 6.38. The van der Waals surface area contributed by atoms with Crippen LogP contribution in [0.2, 0.25) is 0 Å². The molecule has 0 unspecified atom stereocenters. The van der Waals surface area contributed by atoms with E-state index in [2.05, 4.69) is 44.0 Å². The van der Waals surface area contributed by atoms with Crippen LogP contribution in [-0.4, -0.2) is 26.4 Å². The SMILES string of the molecule is C=C(C)CC=C=C(/C1=C\CCOCCC1)c1oc(C(=C)CCCC2COC2)cc1C. The highest BCUT2D eigenvalue weighted by Gasteiger charge is 2.20. The van der Waals surface area contributed by atoms with Gasteiger partial charge in [-0.3, -0.25) is 0 Å². The molecule has 0 aliphatic carbocycles. The summed E-state index contributed by atoms with van der Waals surface area (Å²) in [5.74, 6) is 2.56. The van der Waals surface area contributed by atoms with Gasteiger partial charge in [-0.05, 0) is 87.6 Å². The topological polar surface area (TPSA) is 31.6 Å². The summed E-state index contributed by atoms with van der Waals surface area (Å²) in [5, 5.41) is 0. The second-order valence-electron chi connectivity index (χ2n) is 8.64. The molecule has 162 valence electrons. The molecule has 3 heteroatoms. The normalized spacial score (nSPS) is 18.9. The van der Waals surface area contributed by atoms with E-state index in [0.29, 0.717) is 0 Å².